The van der Waals surface area contributed by atoms with Crippen molar-refractivity contribution >= 4 is 23.5 Å². The van der Waals surface area contributed by atoms with Crippen LogP contribution in [0.1, 0.15) is 19.3 Å². The van der Waals surface area contributed by atoms with Gasteiger partial charge in [0.15, 0.2) is 0 Å². The van der Waals surface area contributed by atoms with Gasteiger partial charge in [-0.3, -0.25) is 19.8 Å². The van der Waals surface area contributed by atoms with Crippen LogP contribution in [-0.4, -0.2) is 56.0 Å². The molecule has 8 heteroatoms. The number of methoxy groups -OCH3 is 1. The van der Waals surface area contributed by atoms with E-state index >= 15 is 0 Å². The molecule has 0 aliphatic carbocycles. The highest BCUT2D eigenvalue weighted by Crippen LogP contribution is 2.20. The first kappa shape index (κ1) is 18.7. The Morgan fingerprint density at radius 2 is 1.96 bits per heavy atom. The Bertz CT molecular complexity index is 618. The van der Waals surface area contributed by atoms with Crippen LogP contribution in [-0.2, 0) is 9.59 Å². The molecule has 1 aliphatic heterocycles. The number of likely N-dealkylation sites (tertiary alicyclic amines) is 1. The molecule has 1 atom stereocenters. The average Bonchev–Trinajstić information content (AvgIpc) is 3.09. The van der Waals surface area contributed by atoms with Gasteiger partial charge in [-0.15, -0.1) is 0 Å². The van der Waals surface area contributed by atoms with Crippen molar-refractivity contribution in [1.29, 1.82) is 0 Å². The number of hydrogen-bond donors (Lipinski definition) is 3. The third-order valence-corrected chi connectivity index (χ3v) is 4.13. The number of benzene rings is 1. The number of hydrogen-bond acceptors (Lipinski definition) is 5. The third-order valence-electron chi connectivity index (χ3n) is 4.13. The number of amides is 4. The van der Waals surface area contributed by atoms with Crippen molar-refractivity contribution in [3.05, 3.63) is 24.3 Å². The van der Waals surface area contributed by atoms with Crippen molar-refractivity contribution in [1.82, 2.24) is 15.5 Å². The second-order valence-electron chi connectivity index (χ2n) is 5.79. The molecule has 0 unspecified atom stereocenters. The predicted octanol–water partition coefficient (Wildman–Crippen LogP) is 0.944. The number of ether oxygens (including phenoxy) is 1. The summed E-state index contributed by atoms with van der Waals surface area (Å²) in [7, 11) is 3.03. The molecule has 3 N–H and O–H groups in total. The zero-order chi connectivity index (χ0) is 18.2. The molecule has 0 saturated carbocycles. The van der Waals surface area contributed by atoms with Crippen molar-refractivity contribution < 1.29 is 19.1 Å². The number of carbonyl (C=O) groups excluding carboxylic acids is 3. The molecule has 0 aromatic heterocycles. The summed E-state index contributed by atoms with van der Waals surface area (Å²) in [5.41, 5.74) is 0.704. The lowest BCUT2D eigenvalue weighted by molar-refractivity contribution is -0.123. The van der Waals surface area contributed by atoms with Crippen LogP contribution < -0.4 is 20.7 Å². The molecule has 0 radical (unpaired) electrons. The van der Waals surface area contributed by atoms with Gasteiger partial charge < -0.3 is 15.4 Å². The molecular formula is C17H24N4O4. The summed E-state index contributed by atoms with van der Waals surface area (Å²) in [6, 6.07) is 6.34. The van der Waals surface area contributed by atoms with E-state index in [0.717, 1.165) is 25.1 Å². The lowest BCUT2D eigenvalue weighted by Crippen LogP contribution is -2.43. The molecule has 4 amide bonds. The number of imide groups is 1. The summed E-state index contributed by atoms with van der Waals surface area (Å²) in [6.07, 6.45) is 1.82. The minimum Gasteiger partial charge on any atom is -0.497 e. The summed E-state index contributed by atoms with van der Waals surface area (Å²) < 4.78 is 5.09. The van der Waals surface area contributed by atoms with Crippen molar-refractivity contribution in [2.24, 2.45) is 0 Å². The number of nitrogens with zero attached hydrogens (tertiary/aromatic N) is 1. The highest BCUT2D eigenvalue weighted by molar-refractivity contribution is 5.95. The minimum absolute atomic E-state index is 0.0885. The van der Waals surface area contributed by atoms with Crippen LogP contribution in [0, 0.1) is 0 Å². The second-order valence-corrected chi connectivity index (χ2v) is 5.79. The quantitative estimate of drug-likeness (QED) is 0.711. The van der Waals surface area contributed by atoms with E-state index in [2.05, 4.69) is 16.0 Å². The van der Waals surface area contributed by atoms with Crippen molar-refractivity contribution in [3.63, 3.8) is 0 Å². The van der Waals surface area contributed by atoms with E-state index in [1.165, 1.54) is 7.05 Å². The monoisotopic (exact) mass is 348 g/mol. The number of rotatable bonds is 6. The summed E-state index contributed by atoms with van der Waals surface area (Å²) in [4.78, 5) is 37.3. The second kappa shape index (κ2) is 9.03. The van der Waals surface area contributed by atoms with Crippen molar-refractivity contribution in [2.45, 2.75) is 25.3 Å². The maximum absolute atomic E-state index is 12.5. The van der Waals surface area contributed by atoms with Gasteiger partial charge in [0.2, 0.25) is 11.8 Å². The van der Waals surface area contributed by atoms with Gasteiger partial charge in [0.25, 0.3) is 0 Å². The molecule has 8 nitrogen and oxygen atoms in total. The van der Waals surface area contributed by atoms with Crippen LogP contribution >= 0.6 is 0 Å². The Morgan fingerprint density at radius 1 is 1.24 bits per heavy atom. The SMILES string of the molecule is CNC(=O)NC(=O)CCN1CCC[C@@H]1C(=O)Nc1ccc(OC)cc1. The number of nitrogens with one attached hydrogen (secondary N) is 3. The lowest BCUT2D eigenvalue weighted by Gasteiger charge is -2.23. The van der Waals surface area contributed by atoms with E-state index in [1.54, 1.807) is 31.4 Å². The number of carbonyl (C=O) groups is 3. The molecule has 0 spiro atoms. The van der Waals surface area contributed by atoms with E-state index in [4.69, 9.17) is 4.74 Å². The van der Waals surface area contributed by atoms with Gasteiger partial charge in [0.05, 0.1) is 13.2 Å². The van der Waals surface area contributed by atoms with Gasteiger partial charge in [-0.05, 0) is 43.7 Å². The summed E-state index contributed by atoms with van der Waals surface area (Å²) >= 11 is 0. The Hall–Kier alpha value is -2.61. The molecule has 25 heavy (non-hydrogen) atoms. The summed E-state index contributed by atoms with van der Waals surface area (Å²) in [5.74, 6) is 0.276. The first-order valence-corrected chi connectivity index (χ1v) is 8.24. The maximum Gasteiger partial charge on any atom is 0.321 e. The van der Waals surface area contributed by atoms with Gasteiger partial charge >= 0.3 is 6.03 Å². The zero-order valence-electron chi connectivity index (χ0n) is 14.5. The molecule has 0 bridgehead atoms. The van der Waals surface area contributed by atoms with E-state index in [1.807, 2.05) is 4.90 Å². The van der Waals surface area contributed by atoms with E-state index in [0.29, 0.717) is 12.2 Å². The highest BCUT2D eigenvalue weighted by Gasteiger charge is 2.30. The van der Waals surface area contributed by atoms with Gasteiger partial charge in [0.1, 0.15) is 5.75 Å². The van der Waals surface area contributed by atoms with E-state index < -0.39 is 6.03 Å². The Kier molecular flexibility index (Phi) is 6.76. The van der Waals surface area contributed by atoms with Gasteiger partial charge in [0, 0.05) is 25.7 Å². The van der Waals surface area contributed by atoms with Crippen LogP contribution in [0.25, 0.3) is 0 Å². The molecule has 136 valence electrons. The average molecular weight is 348 g/mol. The Labute approximate surface area is 146 Å². The van der Waals surface area contributed by atoms with E-state index in [-0.39, 0.29) is 24.3 Å². The molecule has 1 aromatic carbocycles. The van der Waals surface area contributed by atoms with Crippen LogP contribution in [0.2, 0.25) is 0 Å². The molecular weight excluding hydrogens is 324 g/mol. The van der Waals surface area contributed by atoms with Gasteiger partial charge in [-0.2, -0.15) is 0 Å². The highest BCUT2D eigenvalue weighted by atomic mass is 16.5. The third kappa shape index (κ3) is 5.46. The smallest absolute Gasteiger partial charge is 0.321 e. The largest absolute Gasteiger partial charge is 0.497 e. The van der Waals surface area contributed by atoms with Crippen LogP contribution in [0.3, 0.4) is 0 Å². The Morgan fingerprint density at radius 3 is 2.60 bits per heavy atom. The molecule has 1 aliphatic rings. The fourth-order valence-corrected chi connectivity index (χ4v) is 2.79. The van der Waals surface area contributed by atoms with Crippen LogP contribution in [0.15, 0.2) is 24.3 Å². The van der Waals surface area contributed by atoms with Crippen molar-refractivity contribution in [2.75, 3.05) is 32.6 Å². The zero-order valence-corrected chi connectivity index (χ0v) is 14.5. The minimum atomic E-state index is -0.528. The van der Waals surface area contributed by atoms with Crippen LogP contribution in [0.4, 0.5) is 10.5 Å². The fourth-order valence-electron chi connectivity index (χ4n) is 2.79. The topological polar surface area (TPSA) is 99.8 Å². The molecule has 1 fully saturated rings. The first-order valence-electron chi connectivity index (χ1n) is 8.24. The molecule has 1 saturated heterocycles. The first-order chi connectivity index (χ1) is 12.0. The Balaban J connectivity index is 1.85. The van der Waals surface area contributed by atoms with E-state index in [9.17, 15) is 14.4 Å². The summed E-state index contributed by atoms with van der Waals surface area (Å²) in [5, 5.41) is 7.44. The number of anilines is 1. The van der Waals surface area contributed by atoms with Gasteiger partial charge in [-0.1, -0.05) is 0 Å². The van der Waals surface area contributed by atoms with Gasteiger partial charge in [-0.25, -0.2) is 4.79 Å². The standard InChI is InChI=1S/C17H24N4O4/c1-18-17(24)20-15(22)9-11-21-10-3-4-14(21)16(23)19-12-5-7-13(25-2)8-6-12/h5-8,14H,3-4,9-11H2,1-2H3,(H,19,23)(H2,18,20,22,24)/t14-/m1/s1. The van der Waals surface area contributed by atoms with Crippen molar-refractivity contribution in [3.8, 4) is 5.75 Å². The fraction of sp³-hybridized carbons (Fsp3) is 0.471. The summed E-state index contributed by atoms with van der Waals surface area (Å²) in [6.45, 7) is 1.19. The normalized spacial score (nSPS) is 17.0. The van der Waals surface area contributed by atoms with Crippen LogP contribution in [0.5, 0.6) is 5.75 Å². The number of urea groups is 1. The molecule has 2 rings (SSSR count). The predicted molar refractivity (Wildman–Crippen MR) is 93.4 cm³/mol. The molecule has 1 aromatic rings. The molecule has 1 heterocycles. The lowest BCUT2D eigenvalue weighted by atomic mass is 10.2. The maximum atomic E-state index is 12.5.